The molecule has 0 saturated heterocycles. The molecule has 16 heavy (non-hydrogen) atoms. The van der Waals surface area contributed by atoms with Gasteiger partial charge in [-0.25, -0.2) is 0 Å². The van der Waals surface area contributed by atoms with E-state index in [1.54, 1.807) is 0 Å². The predicted molar refractivity (Wildman–Crippen MR) is 61.9 cm³/mol. The molecule has 0 N–H and O–H groups in total. The van der Waals surface area contributed by atoms with Crippen LogP contribution in [0, 0.1) is 11.8 Å². The molecule has 2 atom stereocenters. The molecule has 0 unspecified atom stereocenters. The van der Waals surface area contributed by atoms with E-state index in [-0.39, 0.29) is 17.8 Å². The molecular formula is C13H20O3. The molecule has 90 valence electrons. The van der Waals surface area contributed by atoms with Crippen LogP contribution in [0.5, 0.6) is 0 Å². The SMILES string of the molecule is CC/C=C\C[C@@H]1C(=O)CC[C@@H]1CC(=O)OC. The van der Waals surface area contributed by atoms with Crippen LogP contribution in [-0.4, -0.2) is 18.9 Å². The van der Waals surface area contributed by atoms with Gasteiger partial charge in [-0.05, 0) is 25.2 Å². The maximum atomic E-state index is 11.7. The molecular weight excluding hydrogens is 204 g/mol. The molecule has 0 amide bonds. The van der Waals surface area contributed by atoms with Crippen LogP contribution in [0.1, 0.15) is 39.0 Å². The normalized spacial score (nSPS) is 25.2. The Morgan fingerprint density at radius 2 is 2.25 bits per heavy atom. The first-order chi connectivity index (χ1) is 7.69. The summed E-state index contributed by atoms with van der Waals surface area (Å²) in [6.07, 6.45) is 7.72. The molecule has 1 aliphatic rings. The largest absolute Gasteiger partial charge is 0.469 e. The summed E-state index contributed by atoms with van der Waals surface area (Å²) in [5, 5.41) is 0. The van der Waals surface area contributed by atoms with Crippen molar-refractivity contribution >= 4 is 11.8 Å². The van der Waals surface area contributed by atoms with E-state index >= 15 is 0 Å². The van der Waals surface area contributed by atoms with Gasteiger partial charge in [-0.3, -0.25) is 9.59 Å². The van der Waals surface area contributed by atoms with Crippen molar-refractivity contribution in [2.45, 2.75) is 39.0 Å². The molecule has 1 aliphatic carbocycles. The fraction of sp³-hybridized carbons (Fsp3) is 0.692. The van der Waals surface area contributed by atoms with Crippen LogP contribution in [0.25, 0.3) is 0 Å². The van der Waals surface area contributed by atoms with Crippen molar-refractivity contribution in [1.29, 1.82) is 0 Å². The number of esters is 1. The molecule has 1 fully saturated rings. The van der Waals surface area contributed by atoms with Crippen molar-refractivity contribution in [3.05, 3.63) is 12.2 Å². The highest BCUT2D eigenvalue weighted by atomic mass is 16.5. The minimum absolute atomic E-state index is 0.0295. The van der Waals surface area contributed by atoms with Crippen LogP contribution in [0.4, 0.5) is 0 Å². The Kier molecular flexibility index (Phi) is 5.23. The number of hydrogen-bond acceptors (Lipinski definition) is 3. The average Bonchev–Trinajstić information content (AvgIpc) is 2.61. The number of allylic oxidation sites excluding steroid dienone is 2. The molecule has 0 aromatic heterocycles. The summed E-state index contributed by atoms with van der Waals surface area (Å²) in [5.74, 6) is 0.308. The number of hydrogen-bond donors (Lipinski definition) is 0. The van der Waals surface area contributed by atoms with E-state index in [9.17, 15) is 9.59 Å². The first-order valence-corrected chi connectivity index (χ1v) is 5.93. The van der Waals surface area contributed by atoms with Crippen molar-refractivity contribution in [3.8, 4) is 0 Å². The Morgan fingerprint density at radius 1 is 1.50 bits per heavy atom. The third-order valence-electron chi connectivity index (χ3n) is 3.19. The van der Waals surface area contributed by atoms with E-state index in [4.69, 9.17) is 0 Å². The average molecular weight is 224 g/mol. The molecule has 0 spiro atoms. The number of carbonyl (C=O) groups excluding carboxylic acids is 2. The first kappa shape index (κ1) is 12.9. The Labute approximate surface area is 96.9 Å². The molecule has 0 aromatic rings. The van der Waals surface area contributed by atoms with Crippen LogP contribution in [0.2, 0.25) is 0 Å². The van der Waals surface area contributed by atoms with Crippen LogP contribution >= 0.6 is 0 Å². The summed E-state index contributed by atoms with van der Waals surface area (Å²) >= 11 is 0. The lowest BCUT2D eigenvalue weighted by atomic mass is 9.89. The van der Waals surface area contributed by atoms with E-state index in [1.807, 2.05) is 0 Å². The van der Waals surface area contributed by atoms with Crippen molar-refractivity contribution in [2.75, 3.05) is 7.11 Å². The summed E-state index contributed by atoms with van der Waals surface area (Å²) in [4.78, 5) is 22.9. The van der Waals surface area contributed by atoms with Gasteiger partial charge in [-0.2, -0.15) is 0 Å². The lowest BCUT2D eigenvalue weighted by molar-refractivity contribution is -0.142. The zero-order valence-electron chi connectivity index (χ0n) is 10.1. The molecule has 0 aromatic carbocycles. The number of methoxy groups -OCH3 is 1. The van der Waals surface area contributed by atoms with Crippen molar-refractivity contribution in [1.82, 2.24) is 0 Å². The molecule has 3 nitrogen and oxygen atoms in total. The van der Waals surface area contributed by atoms with Crippen molar-refractivity contribution in [3.63, 3.8) is 0 Å². The second-order valence-corrected chi connectivity index (χ2v) is 4.27. The van der Waals surface area contributed by atoms with Gasteiger partial charge in [-0.1, -0.05) is 19.1 Å². The van der Waals surface area contributed by atoms with Gasteiger partial charge in [0.05, 0.1) is 7.11 Å². The minimum Gasteiger partial charge on any atom is -0.469 e. The van der Waals surface area contributed by atoms with E-state index in [1.165, 1.54) is 7.11 Å². The Morgan fingerprint density at radius 3 is 2.88 bits per heavy atom. The van der Waals surface area contributed by atoms with Crippen LogP contribution in [0.15, 0.2) is 12.2 Å². The zero-order valence-corrected chi connectivity index (χ0v) is 10.1. The zero-order chi connectivity index (χ0) is 12.0. The lowest BCUT2D eigenvalue weighted by Gasteiger charge is -2.15. The number of rotatable bonds is 5. The van der Waals surface area contributed by atoms with E-state index in [0.717, 1.165) is 19.3 Å². The van der Waals surface area contributed by atoms with Gasteiger partial charge < -0.3 is 4.74 Å². The fourth-order valence-corrected chi connectivity index (χ4v) is 2.25. The molecule has 0 bridgehead atoms. The van der Waals surface area contributed by atoms with Gasteiger partial charge in [-0.15, -0.1) is 0 Å². The van der Waals surface area contributed by atoms with Crippen LogP contribution in [-0.2, 0) is 14.3 Å². The van der Waals surface area contributed by atoms with Gasteiger partial charge >= 0.3 is 5.97 Å². The molecule has 0 radical (unpaired) electrons. The third kappa shape index (κ3) is 3.47. The highest BCUT2D eigenvalue weighted by Crippen LogP contribution is 2.34. The molecule has 0 aliphatic heterocycles. The Balaban J connectivity index is 2.52. The maximum Gasteiger partial charge on any atom is 0.305 e. The highest BCUT2D eigenvalue weighted by molar-refractivity contribution is 5.84. The fourth-order valence-electron chi connectivity index (χ4n) is 2.25. The standard InChI is InChI=1S/C13H20O3/c1-3-4-5-6-11-10(7-8-12(11)14)9-13(15)16-2/h4-5,10-11H,3,6-9H2,1-2H3/b5-4-/t10-,11+/m1/s1. The summed E-state index contributed by atoms with van der Waals surface area (Å²) in [6.45, 7) is 2.07. The maximum absolute atomic E-state index is 11.7. The summed E-state index contributed by atoms with van der Waals surface area (Å²) in [7, 11) is 1.39. The topological polar surface area (TPSA) is 43.4 Å². The second-order valence-electron chi connectivity index (χ2n) is 4.27. The van der Waals surface area contributed by atoms with Crippen LogP contribution < -0.4 is 0 Å². The summed E-state index contributed by atoms with van der Waals surface area (Å²) in [5.41, 5.74) is 0. The lowest BCUT2D eigenvalue weighted by Crippen LogP contribution is -2.18. The smallest absolute Gasteiger partial charge is 0.305 e. The van der Waals surface area contributed by atoms with Gasteiger partial charge in [0.25, 0.3) is 0 Å². The molecule has 0 heterocycles. The van der Waals surface area contributed by atoms with Crippen molar-refractivity contribution < 1.29 is 14.3 Å². The van der Waals surface area contributed by atoms with Crippen molar-refractivity contribution in [2.24, 2.45) is 11.8 Å². The minimum atomic E-state index is -0.204. The van der Waals surface area contributed by atoms with E-state index in [2.05, 4.69) is 23.8 Å². The summed E-state index contributed by atoms with van der Waals surface area (Å²) < 4.78 is 4.65. The Hall–Kier alpha value is -1.12. The molecule has 1 rings (SSSR count). The summed E-state index contributed by atoms with van der Waals surface area (Å²) in [6, 6.07) is 0. The number of ether oxygens (including phenoxy) is 1. The predicted octanol–water partition coefficient (Wildman–Crippen LogP) is 2.50. The quantitative estimate of drug-likeness (QED) is 0.532. The monoisotopic (exact) mass is 224 g/mol. The number of Topliss-reactive ketones (excluding diaryl/α,β-unsaturated/α-hetero) is 1. The van der Waals surface area contributed by atoms with Gasteiger partial charge in [0.1, 0.15) is 5.78 Å². The second kappa shape index (κ2) is 6.46. The number of carbonyl (C=O) groups is 2. The molecule has 3 heteroatoms. The highest BCUT2D eigenvalue weighted by Gasteiger charge is 2.34. The number of ketones is 1. The van der Waals surface area contributed by atoms with Crippen LogP contribution in [0.3, 0.4) is 0 Å². The third-order valence-corrected chi connectivity index (χ3v) is 3.19. The van der Waals surface area contributed by atoms with E-state index < -0.39 is 0 Å². The van der Waals surface area contributed by atoms with Gasteiger partial charge in [0.2, 0.25) is 0 Å². The first-order valence-electron chi connectivity index (χ1n) is 5.93. The van der Waals surface area contributed by atoms with Gasteiger partial charge in [0, 0.05) is 18.8 Å². The van der Waals surface area contributed by atoms with Gasteiger partial charge in [0.15, 0.2) is 0 Å². The molecule has 1 saturated carbocycles. The van der Waals surface area contributed by atoms with E-state index in [0.29, 0.717) is 18.6 Å². The Bertz CT molecular complexity index is 281.